The lowest BCUT2D eigenvalue weighted by molar-refractivity contribution is 0.102. The van der Waals surface area contributed by atoms with Gasteiger partial charge in [0.1, 0.15) is 5.01 Å². The molecule has 2 rings (SSSR count). The van der Waals surface area contributed by atoms with Crippen molar-refractivity contribution < 1.29 is 4.79 Å². The van der Waals surface area contributed by atoms with Crippen molar-refractivity contribution in [3.8, 4) is 0 Å². The first-order valence-electron chi connectivity index (χ1n) is 5.17. The summed E-state index contributed by atoms with van der Waals surface area (Å²) in [4.78, 5) is 11.7. The Morgan fingerprint density at radius 2 is 2.06 bits per heavy atom. The molecule has 0 atom stereocenters. The molecule has 96 valence electrons. The van der Waals surface area contributed by atoms with Gasteiger partial charge in [0, 0.05) is 6.42 Å². The van der Waals surface area contributed by atoms with Crippen molar-refractivity contribution in [1.29, 1.82) is 0 Å². The van der Waals surface area contributed by atoms with Crippen LogP contribution in [0.2, 0.25) is 4.47 Å². The molecule has 0 saturated heterocycles. The molecule has 0 unspecified atom stereocenters. The second kappa shape index (κ2) is 5.68. The molecular weight excluding hydrogens is 294 g/mol. The van der Waals surface area contributed by atoms with Gasteiger partial charge < -0.3 is 0 Å². The summed E-state index contributed by atoms with van der Waals surface area (Å²) in [5.74, 6) is 0.134. The quantitative estimate of drug-likeness (QED) is 0.938. The third-order valence-electron chi connectivity index (χ3n) is 1.86. The van der Waals surface area contributed by atoms with E-state index < -0.39 is 0 Å². The van der Waals surface area contributed by atoms with Crippen molar-refractivity contribution in [1.82, 2.24) is 20.4 Å². The van der Waals surface area contributed by atoms with Crippen molar-refractivity contribution in [2.75, 3.05) is 5.32 Å². The predicted octanol–water partition coefficient (Wildman–Crippen LogP) is 2.49. The highest BCUT2D eigenvalue weighted by atomic mass is 35.5. The zero-order chi connectivity index (χ0) is 13.1. The number of nitrogens with one attached hydrogen (secondary N) is 1. The third kappa shape index (κ3) is 3.44. The van der Waals surface area contributed by atoms with Crippen LogP contribution in [0.4, 0.5) is 5.13 Å². The highest BCUT2D eigenvalue weighted by Crippen LogP contribution is 2.20. The normalized spacial score (nSPS) is 10.9. The molecule has 6 nitrogen and oxygen atoms in total. The Labute approximate surface area is 116 Å². The molecule has 0 fully saturated rings. The number of hydrogen-bond acceptors (Lipinski definition) is 7. The summed E-state index contributed by atoms with van der Waals surface area (Å²) >= 11 is 7.99. The van der Waals surface area contributed by atoms with Crippen LogP contribution in [0.25, 0.3) is 0 Å². The maximum atomic E-state index is 11.7. The van der Waals surface area contributed by atoms with E-state index in [0.717, 1.165) is 22.8 Å². The number of carbonyl (C=O) groups is 1. The molecule has 0 saturated carbocycles. The molecule has 1 amide bonds. The van der Waals surface area contributed by atoms with Crippen LogP contribution in [-0.4, -0.2) is 26.3 Å². The van der Waals surface area contributed by atoms with Crippen molar-refractivity contribution in [2.24, 2.45) is 5.92 Å². The molecule has 2 aromatic heterocycles. The van der Waals surface area contributed by atoms with Gasteiger partial charge in [-0.1, -0.05) is 36.5 Å². The standard InChI is InChI=1S/C9H10ClN5OS2/c1-4(2)3-5-12-15-9(17-5)11-6(16)7-13-14-8(10)18-7/h4H,3H2,1-2H3,(H,11,15,16). The van der Waals surface area contributed by atoms with Crippen LogP contribution in [-0.2, 0) is 6.42 Å². The Morgan fingerprint density at radius 3 is 2.67 bits per heavy atom. The molecule has 0 aromatic carbocycles. The van der Waals surface area contributed by atoms with Gasteiger partial charge in [0.15, 0.2) is 0 Å². The monoisotopic (exact) mass is 303 g/mol. The van der Waals surface area contributed by atoms with E-state index in [2.05, 4.69) is 39.6 Å². The van der Waals surface area contributed by atoms with E-state index in [1.54, 1.807) is 0 Å². The van der Waals surface area contributed by atoms with Crippen LogP contribution in [0.3, 0.4) is 0 Å². The average molecular weight is 304 g/mol. The van der Waals surface area contributed by atoms with Gasteiger partial charge in [-0.25, -0.2) is 0 Å². The van der Waals surface area contributed by atoms with Gasteiger partial charge in [-0.15, -0.1) is 20.4 Å². The summed E-state index contributed by atoms with van der Waals surface area (Å²) in [6.07, 6.45) is 0.845. The maximum Gasteiger partial charge on any atom is 0.288 e. The number of aromatic nitrogens is 4. The van der Waals surface area contributed by atoms with E-state index in [9.17, 15) is 4.79 Å². The van der Waals surface area contributed by atoms with Crippen LogP contribution < -0.4 is 5.32 Å². The molecule has 9 heteroatoms. The number of hydrogen-bond donors (Lipinski definition) is 1. The van der Waals surface area contributed by atoms with Crippen molar-refractivity contribution in [3.05, 3.63) is 14.5 Å². The van der Waals surface area contributed by atoms with E-state index in [1.807, 2.05) is 0 Å². The lowest BCUT2D eigenvalue weighted by Crippen LogP contribution is -2.11. The van der Waals surface area contributed by atoms with Gasteiger partial charge in [-0.2, -0.15) is 0 Å². The Morgan fingerprint density at radius 1 is 1.28 bits per heavy atom. The minimum atomic E-state index is -0.369. The molecule has 0 aliphatic carbocycles. The highest BCUT2D eigenvalue weighted by molar-refractivity contribution is 7.17. The number of rotatable bonds is 4. The Balaban J connectivity index is 2.01. The number of nitrogens with zero attached hydrogens (tertiary/aromatic N) is 4. The summed E-state index contributed by atoms with van der Waals surface area (Å²) in [7, 11) is 0. The van der Waals surface area contributed by atoms with Crippen LogP contribution in [0.15, 0.2) is 0 Å². The van der Waals surface area contributed by atoms with E-state index in [0.29, 0.717) is 11.0 Å². The fourth-order valence-electron chi connectivity index (χ4n) is 1.18. The lowest BCUT2D eigenvalue weighted by atomic mass is 10.1. The average Bonchev–Trinajstić information content (AvgIpc) is 2.87. The summed E-state index contributed by atoms with van der Waals surface area (Å²) < 4.78 is 0.234. The van der Waals surface area contributed by atoms with Crippen molar-refractivity contribution in [2.45, 2.75) is 20.3 Å². The fraction of sp³-hybridized carbons (Fsp3) is 0.444. The van der Waals surface area contributed by atoms with Gasteiger partial charge in [0.05, 0.1) is 0 Å². The molecule has 0 radical (unpaired) electrons. The molecule has 0 spiro atoms. The van der Waals surface area contributed by atoms with Gasteiger partial charge in [0.25, 0.3) is 5.91 Å². The lowest BCUT2D eigenvalue weighted by Gasteiger charge is -1.97. The van der Waals surface area contributed by atoms with Crippen molar-refractivity contribution in [3.63, 3.8) is 0 Å². The van der Waals surface area contributed by atoms with Crippen LogP contribution in [0.1, 0.15) is 28.7 Å². The van der Waals surface area contributed by atoms with Crippen LogP contribution in [0.5, 0.6) is 0 Å². The number of carbonyl (C=O) groups excluding carboxylic acids is 1. The molecule has 1 N–H and O–H groups in total. The van der Waals surface area contributed by atoms with Gasteiger partial charge in [0.2, 0.25) is 14.6 Å². The molecule has 2 heterocycles. The topological polar surface area (TPSA) is 80.7 Å². The summed E-state index contributed by atoms with van der Waals surface area (Å²) in [6.45, 7) is 4.20. The third-order valence-corrected chi connectivity index (χ3v) is 3.74. The van der Waals surface area contributed by atoms with Crippen LogP contribution in [0, 0.1) is 5.92 Å². The fourth-order valence-corrected chi connectivity index (χ4v) is 2.85. The van der Waals surface area contributed by atoms with Gasteiger partial charge in [-0.3, -0.25) is 10.1 Å². The summed E-state index contributed by atoms with van der Waals surface area (Å²) in [6, 6.07) is 0. The smallest absolute Gasteiger partial charge is 0.288 e. The van der Waals surface area contributed by atoms with E-state index in [-0.39, 0.29) is 15.4 Å². The highest BCUT2D eigenvalue weighted by Gasteiger charge is 2.14. The summed E-state index contributed by atoms with van der Waals surface area (Å²) in [5, 5.41) is 19.3. The largest absolute Gasteiger partial charge is 0.294 e. The number of amides is 1. The molecular formula is C9H10ClN5OS2. The maximum absolute atomic E-state index is 11.7. The first kappa shape index (κ1) is 13.3. The second-order valence-corrected chi connectivity index (χ2v) is 6.53. The Bertz CT molecular complexity index is 553. The minimum Gasteiger partial charge on any atom is -0.294 e. The van der Waals surface area contributed by atoms with Crippen molar-refractivity contribution >= 4 is 45.3 Å². The van der Waals surface area contributed by atoms with Crippen LogP contribution >= 0.6 is 34.3 Å². The minimum absolute atomic E-state index is 0.209. The number of anilines is 1. The first-order chi connectivity index (χ1) is 8.54. The zero-order valence-corrected chi connectivity index (χ0v) is 12.1. The first-order valence-corrected chi connectivity index (χ1v) is 7.18. The molecule has 0 bridgehead atoms. The molecule has 2 aromatic rings. The zero-order valence-electron chi connectivity index (χ0n) is 9.68. The summed E-state index contributed by atoms with van der Waals surface area (Å²) in [5.41, 5.74) is 0. The molecule has 0 aliphatic heterocycles. The molecule has 0 aliphatic rings. The van der Waals surface area contributed by atoms with E-state index in [1.165, 1.54) is 11.3 Å². The SMILES string of the molecule is CC(C)Cc1nnc(NC(=O)c2nnc(Cl)s2)s1. The van der Waals surface area contributed by atoms with E-state index in [4.69, 9.17) is 11.6 Å². The second-order valence-electron chi connectivity index (χ2n) is 3.91. The van der Waals surface area contributed by atoms with E-state index >= 15 is 0 Å². The van der Waals surface area contributed by atoms with Gasteiger partial charge in [-0.05, 0) is 17.5 Å². The Kier molecular flexibility index (Phi) is 4.20. The molecule has 18 heavy (non-hydrogen) atoms. The Hall–Kier alpha value is -1.12. The predicted molar refractivity (Wildman–Crippen MR) is 71.3 cm³/mol. The number of halogens is 1. The van der Waals surface area contributed by atoms with Gasteiger partial charge >= 0.3 is 0 Å².